The molecule has 0 spiro atoms. The van der Waals surface area contributed by atoms with Crippen LogP contribution in [0.3, 0.4) is 0 Å². The molecule has 0 fully saturated rings. The van der Waals surface area contributed by atoms with E-state index in [0.29, 0.717) is 13.0 Å². The van der Waals surface area contributed by atoms with E-state index in [4.69, 9.17) is 0 Å². The Labute approximate surface area is 133 Å². The lowest BCUT2D eigenvalue weighted by molar-refractivity contribution is -0.140. The Bertz CT molecular complexity index is 395. The minimum Gasteiger partial charge on any atom is -0.469 e. The Balaban J connectivity index is 1.90. The number of methoxy groups -OCH3 is 1. The van der Waals surface area contributed by atoms with E-state index in [1.165, 1.54) is 13.5 Å². The van der Waals surface area contributed by atoms with Crippen molar-refractivity contribution in [3.05, 3.63) is 30.3 Å². The number of nitrogens with one attached hydrogen (secondary N) is 1. The summed E-state index contributed by atoms with van der Waals surface area (Å²) in [4.78, 5) is 10.9. The van der Waals surface area contributed by atoms with Crippen LogP contribution in [-0.4, -0.2) is 30.8 Å². The third-order valence-electron chi connectivity index (χ3n) is 3.71. The molecule has 2 N–H and O–H groups in total. The lowest BCUT2D eigenvalue weighted by Gasteiger charge is -2.12. The van der Waals surface area contributed by atoms with Crippen molar-refractivity contribution in [2.45, 2.75) is 57.5 Å². The second-order valence-corrected chi connectivity index (χ2v) is 5.64. The zero-order valence-electron chi connectivity index (χ0n) is 13.6. The summed E-state index contributed by atoms with van der Waals surface area (Å²) in [6, 6.07) is 9.94. The summed E-state index contributed by atoms with van der Waals surface area (Å²) in [5.41, 5.74) is 1.05. The summed E-state index contributed by atoms with van der Waals surface area (Å²) in [5, 5.41) is 13.2. The van der Waals surface area contributed by atoms with E-state index >= 15 is 0 Å². The third kappa shape index (κ3) is 9.40. The predicted octanol–water partition coefficient (Wildman–Crippen LogP) is 3.75. The SMILES string of the molecule is COC(=O)CCCCCCCCC(O)CNc1ccccc1. The van der Waals surface area contributed by atoms with Gasteiger partial charge in [-0.25, -0.2) is 0 Å². The number of anilines is 1. The molecule has 0 bridgehead atoms. The average molecular weight is 307 g/mol. The molecule has 0 aliphatic carbocycles. The van der Waals surface area contributed by atoms with Gasteiger partial charge in [-0.15, -0.1) is 0 Å². The molecule has 0 saturated heterocycles. The summed E-state index contributed by atoms with van der Waals surface area (Å²) in [7, 11) is 1.43. The quantitative estimate of drug-likeness (QED) is 0.456. The van der Waals surface area contributed by atoms with E-state index in [0.717, 1.165) is 44.2 Å². The van der Waals surface area contributed by atoms with Crippen LogP contribution in [-0.2, 0) is 9.53 Å². The number of rotatable bonds is 12. The summed E-state index contributed by atoms with van der Waals surface area (Å²) >= 11 is 0. The van der Waals surface area contributed by atoms with Gasteiger partial charge in [0.25, 0.3) is 0 Å². The second-order valence-electron chi connectivity index (χ2n) is 5.64. The minimum atomic E-state index is -0.292. The lowest BCUT2D eigenvalue weighted by atomic mass is 10.1. The highest BCUT2D eigenvalue weighted by atomic mass is 16.5. The van der Waals surface area contributed by atoms with E-state index in [2.05, 4.69) is 10.1 Å². The fraction of sp³-hybridized carbons (Fsp3) is 0.611. The Morgan fingerprint density at radius 2 is 1.73 bits per heavy atom. The van der Waals surface area contributed by atoms with Gasteiger partial charge in [-0.1, -0.05) is 50.3 Å². The first-order chi connectivity index (χ1) is 10.7. The number of esters is 1. The van der Waals surface area contributed by atoms with Gasteiger partial charge in [-0.05, 0) is 25.0 Å². The molecule has 0 aromatic heterocycles. The Morgan fingerprint density at radius 3 is 2.41 bits per heavy atom. The van der Waals surface area contributed by atoms with Crippen molar-refractivity contribution < 1.29 is 14.6 Å². The van der Waals surface area contributed by atoms with Gasteiger partial charge in [0.1, 0.15) is 0 Å². The molecule has 4 heteroatoms. The molecule has 0 aliphatic heterocycles. The van der Waals surface area contributed by atoms with Crippen LogP contribution in [0.1, 0.15) is 51.4 Å². The molecule has 0 amide bonds. The van der Waals surface area contributed by atoms with Crippen molar-refractivity contribution in [1.29, 1.82) is 0 Å². The predicted molar refractivity (Wildman–Crippen MR) is 89.9 cm³/mol. The van der Waals surface area contributed by atoms with Crippen molar-refractivity contribution in [2.75, 3.05) is 19.0 Å². The number of carbonyl (C=O) groups is 1. The first-order valence-electron chi connectivity index (χ1n) is 8.26. The van der Waals surface area contributed by atoms with Crippen LogP contribution in [0.15, 0.2) is 30.3 Å². The monoisotopic (exact) mass is 307 g/mol. The number of aliphatic hydroxyl groups is 1. The van der Waals surface area contributed by atoms with Gasteiger partial charge >= 0.3 is 5.97 Å². The number of hydrogen-bond donors (Lipinski definition) is 2. The molecule has 124 valence electrons. The number of carbonyl (C=O) groups excluding carboxylic acids is 1. The molecular formula is C18H29NO3. The molecule has 22 heavy (non-hydrogen) atoms. The van der Waals surface area contributed by atoms with E-state index < -0.39 is 0 Å². The highest BCUT2D eigenvalue weighted by Gasteiger charge is 2.04. The number of hydrogen-bond acceptors (Lipinski definition) is 4. The molecule has 4 nitrogen and oxygen atoms in total. The maximum Gasteiger partial charge on any atom is 0.305 e. The second kappa shape index (κ2) is 12.0. The van der Waals surface area contributed by atoms with Crippen LogP contribution in [0.25, 0.3) is 0 Å². The van der Waals surface area contributed by atoms with Gasteiger partial charge in [0, 0.05) is 18.7 Å². The Hall–Kier alpha value is -1.55. The molecule has 1 atom stereocenters. The van der Waals surface area contributed by atoms with Crippen LogP contribution < -0.4 is 5.32 Å². The smallest absolute Gasteiger partial charge is 0.305 e. The minimum absolute atomic E-state index is 0.117. The topological polar surface area (TPSA) is 58.6 Å². The summed E-state index contributed by atoms with van der Waals surface area (Å²) in [6.07, 6.45) is 7.57. The number of para-hydroxylation sites is 1. The van der Waals surface area contributed by atoms with Gasteiger partial charge < -0.3 is 15.2 Å². The van der Waals surface area contributed by atoms with Crippen molar-refractivity contribution in [3.63, 3.8) is 0 Å². The Kier molecular flexibility index (Phi) is 10.1. The van der Waals surface area contributed by atoms with Crippen LogP contribution in [0.2, 0.25) is 0 Å². The third-order valence-corrected chi connectivity index (χ3v) is 3.71. The standard InChI is InChI=1S/C18H29NO3/c1-22-18(21)14-10-5-3-2-4-9-13-17(20)15-19-16-11-7-6-8-12-16/h6-8,11-12,17,19-20H,2-5,9-10,13-15H2,1H3. The maximum atomic E-state index is 10.9. The van der Waals surface area contributed by atoms with Gasteiger partial charge in [0.2, 0.25) is 0 Å². The normalized spacial score (nSPS) is 11.9. The highest BCUT2D eigenvalue weighted by molar-refractivity contribution is 5.68. The van der Waals surface area contributed by atoms with Gasteiger partial charge in [-0.3, -0.25) is 4.79 Å². The van der Waals surface area contributed by atoms with Gasteiger partial charge in [0.05, 0.1) is 13.2 Å². The number of ether oxygens (including phenoxy) is 1. The molecule has 0 aliphatic rings. The fourth-order valence-electron chi connectivity index (χ4n) is 2.35. The molecule has 0 saturated carbocycles. The summed E-state index contributed by atoms with van der Waals surface area (Å²) in [5.74, 6) is -0.117. The zero-order chi connectivity index (χ0) is 16.0. The van der Waals surface area contributed by atoms with Crippen LogP contribution in [0.4, 0.5) is 5.69 Å². The van der Waals surface area contributed by atoms with Crippen molar-refractivity contribution >= 4 is 11.7 Å². The van der Waals surface area contributed by atoms with Crippen molar-refractivity contribution in [3.8, 4) is 0 Å². The van der Waals surface area contributed by atoms with Gasteiger partial charge in [-0.2, -0.15) is 0 Å². The van der Waals surface area contributed by atoms with Crippen LogP contribution in [0.5, 0.6) is 0 Å². The molecule has 1 aromatic rings. The number of unbranched alkanes of at least 4 members (excludes halogenated alkanes) is 5. The number of benzene rings is 1. The Morgan fingerprint density at radius 1 is 1.09 bits per heavy atom. The molecule has 0 radical (unpaired) electrons. The van der Waals surface area contributed by atoms with E-state index in [1.54, 1.807) is 0 Å². The maximum absolute atomic E-state index is 10.9. The van der Waals surface area contributed by atoms with Crippen molar-refractivity contribution in [1.82, 2.24) is 0 Å². The van der Waals surface area contributed by atoms with Crippen LogP contribution >= 0.6 is 0 Å². The first kappa shape index (κ1) is 18.5. The summed E-state index contributed by atoms with van der Waals surface area (Å²) < 4.78 is 4.60. The largest absolute Gasteiger partial charge is 0.469 e. The first-order valence-corrected chi connectivity index (χ1v) is 8.26. The van der Waals surface area contributed by atoms with Crippen LogP contribution in [0, 0.1) is 0 Å². The molecule has 0 heterocycles. The van der Waals surface area contributed by atoms with Crippen molar-refractivity contribution in [2.24, 2.45) is 0 Å². The van der Waals surface area contributed by atoms with Gasteiger partial charge in [0.15, 0.2) is 0 Å². The number of aliphatic hydroxyl groups excluding tert-OH is 1. The van der Waals surface area contributed by atoms with E-state index in [-0.39, 0.29) is 12.1 Å². The fourth-order valence-corrected chi connectivity index (χ4v) is 2.35. The van der Waals surface area contributed by atoms with E-state index in [1.807, 2.05) is 30.3 Å². The molecule has 1 rings (SSSR count). The van der Waals surface area contributed by atoms with E-state index in [9.17, 15) is 9.90 Å². The molecule has 1 unspecified atom stereocenters. The lowest BCUT2D eigenvalue weighted by Crippen LogP contribution is -2.19. The molecule has 1 aromatic carbocycles. The average Bonchev–Trinajstić information content (AvgIpc) is 2.56. The zero-order valence-corrected chi connectivity index (χ0v) is 13.6. The molecular weight excluding hydrogens is 278 g/mol. The highest BCUT2D eigenvalue weighted by Crippen LogP contribution is 2.11. The summed E-state index contributed by atoms with van der Waals surface area (Å²) in [6.45, 7) is 0.600.